The number of nitrogens with two attached hydrogens (primary N) is 1. The molecule has 3 N–H and O–H groups in total. The van der Waals surface area contributed by atoms with Gasteiger partial charge in [-0.2, -0.15) is 0 Å². The molecule has 1 saturated carbocycles. The van der Waals surface area contributed by atoms with Crippen LogP contribution < -0.4 is 11.4 Å². The van der Waals surface area contributed by atoms with Crippen LogP contribution in [0.2, 0.25) is 0 Å². The lowest BCUT2D eigenvalue weighted by Crippen LogP contribution is -2.28. The number of rotatable bonds is 5. The van der Waals surface area contributed by atoms with Crippen LogP contribution in [-0.4, -0.2) is 18.7 Å². The molecule has 0 atom stereocenters. The van der Waals surface area contributed by atoms with Crippen LogP contribution in [0, 0.1) is 0 Å². The molecule has 0 bridgehead atoms. The number of carbonyl (C=O) groups excluding carboxylic acids is 1. The Labute approximate surface area is 71.1 Å². The van der Waals surface area contributed by atoms with E-state index in [0.717, 1.165) is 12.8 Å². The van der Waals surface area contributed by atoms with Gasteiger partial charge in [0.25, 0.3) is 0 Å². The Balaban J connectivity index is 1.90. The fraction of sp³-hybridized carbons (Fsp3) is 0.857. The Bertz CT molecular complexity index is 148. The van der Waals surface area contributed by atoms with Gasteiger partial charge in [-0.25, -0.2) is 5.84 Å². The van der Waals surface area contributed by atoms with E-state index >= 15 is 0 Å². The molecule has 0 aromatic carbocycles. The molecular formula is C7H14N2O3. The summed E-state index contributed by atoms with van der Waals surface area (Å²) in [6.45, 7) is 0.422. The summed E-state index contributed by atoms with van der Waals surface area (Å²) in [5, 5.41) is 0. The second-order valence-corrected chi connectivity index (χ2v) is 2.77. The maximum atomic E-state index is 10.7. The van der Waals surface area contributed by atoms with E-state index in [1.807, 2.05) is 5.59 Å². The fourth-order valence-electron chi connectivity index (χ4n) is 0.963. The van der Waals surface area contributed by atoms with Crippen molar-refractivity contribution in [3.63, 3.8) is 0 Å². The van der Waals surface area contributed by atoms with E-state index in [1.54, 1.807) is 0 Å². The monoisotopic (exact) mass is 174 g/mol. The Morgan fingerprint density at radius 1 is 1.58 bits per heavy atom. The molecule has 12 heavy (non-hydrogen) atoms. The molecule has 0 spiro atoms. The standard InChI is InChI=1S/C7H14N2O3/c8-9-12-7(10)4-5-11-6-2-1-3-6/h6,9H,1-5,8H2. The van der Waals surface area contributed by atoms with Gasteiger partial charge in [0.1, 0.15) is 0 Å². The van der Waals surface area contributed by atoms with Crippen molar-refractivity contribution in [2.24, 2.45) is 5.84 Å². The highest BCUT2D eigenvalue weighted by atomic mass is 16.7. The molecule has 0 aliphatic heterocycles. The Morgan fingerprint density at radius 2 is 2.33 bits per heavy atom. The van der Waals surface area contributed by atoms with E-state index in [0.29, 0.717) is 12.7 Å². The van der Waals surface area contributed by atoms with Gasteiger partial charge in [-0.3, -0.25) is 4.79 Å². The van der Waals surface area contributed by atoms with Crippen molar-refractivity contribution in [2.75, 3.05) is 6.61 Å². The molecular weight excluding hydrogens is 160 g/mol. The summed E-state index contributed by atoms with van der Waals surface area (Å²) in [4.78, 5) is 15.0. The first-order chi connectivity index (χ1) is 5.83. The minimum Gasteiger partial charge on any atom is -0.378 e. The molecule has 1 rings (SSSR count). The smallest absolute Gasteiger partial charge is 0.328 e. The summed E-state index contributed by atoms with van der Waals surface area (Å²) in [5.41, 5.74) is 1.83. The van der Waals surface area contributed by atoms with Crippen molar-refractivity contribution < 1.29 is 14.4 Å². The zero-order valence-corrected chi connectivity index (χ0v) is 6.91. The highest BCUT2D eigenvalue weighted by Crippen LogP contribution is 2.21. The first kappa shape index (κ1) is 9.44. The molecule has 1 aliphatic rings. The lowest BCUT2D eigenvalue weighted by Gasteiger charge is -2.25. The van der Waals surface area contributed by atoms with Gasteiger partial charge in [-0.05, 0) is 19.3 Å². The van der Waals surface area contributed by atoms with E-state index in [2.05, 4.69) is 4.84 Å². The molecule has 1 aliphatic carbocycles. The zero-order valence-electron chi connectivity index (χ0n) is 6.91. The van der Waals surface area contributed by atoms with Crippen LogP contribution in [0.15, 0.2) is 0 Å². The molecule has 0 unspecified atom stereocenters. The van der Waals surface area contributed by atoms with E-state index < -0.39 is 5.97 Å². The lowest BCUT2D eigenvalue weighted by atomic mass is 9.96. The van der Waals surface area contributed by atoms with Gasteiger partial charge in [0, 0.05) is 0 Å². The minimum atomic E-state index is -0.392. The third-order valence-electron chi connectivity index (χ3n) is 1.88. The van der Waals surface area contributed by atoms with Crippen molar-refractivity contribution in [2.45, 2.75) is 31.8 Å². The highest BCUT2D eigenvalue weighted by molar-refractivity contribution is 5.69. The molecule has 0 aromatic heterocycles. The summed E-state index contributed by atoms with van der Waals surface area (Å²) in [6, 6.07) is 0. The molecule has 1 fully saturated rings. The van der Waals surface area contributed by atoms with Crippen LogP contribution in [-0.2, 0) is 14.4 Å². The van der Waals surface area contributed by atoms with Crippen LogP contribution in [0.1, 0.15) is 25.7 Å². The molecule has 0 amide bonds. The quantitative estimate of drug-likeness (QED) is 0.448. The Kier molecular flexibility index (Phi) is 3.99. The number of hydrazine groups is 1. The Hall–Kier alpha value is -0.650. The molecule has 0 aromatic rings. The number of hydrogen-bond donors (Lipinski definition) is 2. The molecule has 5 heteroatoms. The summed E-state index contributed by atoms with van der Waals surface area (Å²) in [5.74, 6) is 4.37. The Morgan fingerprint density at radius 3 is 2.83 bits per heavy atom. The number of hydrogen-bond acceptors (Lipinski definition) is 5. The maximum absolute atomic E-state index is 10.7. The van der Waals surface area contributed by atoms with E-state index in [4.69, 9.17) is 10.6 Å². The van der Waals surface area contributed by atoms with Crippen molar-refractivity contribution in [3.05, 3.63) is 0 Å². The SMILES string of the molecule is NNOC(=O)CCOC1CCC1. The minimum absolute atomic E-state index is 0.251. The third kappa shape index (κ3) is 3.17. The average molecular weight is 174 g/mol. The first-order valence-electron chi connectivity index (χ1n) is 4.10. The summed E-state index contributed by atoms with van der Waals surface area (Å²) < 4.78 is 5.33. The molecule has 5 nitrogen and oxygen atoms in total. The van der Waals surface area contributed by atoms with Crippen molar-refractivity contribution in [1.29, 1.82) is 0 Å². The second-order valence-electron chi connectivity index (χ2n) is 2.77. The van der Waals surface area contributed by atoms with Gasteiger partial charge < -0.3 is 9.57 Å². The molecule has 0 heterocycles. The maximum Gasteiger partial charge on any atom is 0.328 e. The van der Waals surface area contributed by atoms with Gasteiger partial charge >= 0.3 is 5.97 Å². The predicted molar refractivity (Wildman–Crippen MR) is 41.6 cm³/mol. The van der Waals surface area contributed by atoms with Crippen LogP contribution in [0.3, 0.4) is 0 Å². The van der Waals surface area contributed by atoms with Gasteiger partial charge in [0.2, 0.25) is 0 Å². The molecule has 70 valence electrons. The van der Waals surface area contributed by atoms with E-state index in [9.17, 15) is 4.79 Å². The molecule has 0 saturated heterocycles. The molecule has 0 radical (unpaired) electrons. The zero-order chi connectivity index (χ0) is 8.81. The average Bonchev–Trinajstić information content (AvgIpc) is 1.95. The van der Waals surface area contributed by atoms with Crippen molar-refractivity contribution in [3.8, 4) is 0 Å². The number of ether oxygens (including phenoxy) is 1. The van der Waals surface area contributed by atoms with Crippen LogP contribution in [0.25, 0.3) is 0 Å². The second kappa shape index (κ2) is 5.08. The summed E-state index contributed by atoms with van der Waals surface area (Å²) in [6.07, 6.45) is 4.08. The van der Waals surface area contributed by atoms with E-state index in [-0.39, 0.29) is 6.42 Å². The van der Waals surface area contributed by atoms with Gasteiger partial charge in [0.15, 0.2) is 0 Å². The first-order valence-corrected chi connectivity index (χ1v) is 4.10. The van der Waals surface area contributed by atoms with Crippen LogP contribution in [0.5, 0.6) is 0 Å². The van der Waals surface area contributed by atoms with Crippen LogP contribution >= 0.6 is 0 Å². The highest BCUT2D eigenvalue weighted by Gasteiger charge is 2.17. The largest absolute Gasteiger partial charge is 0.378 e. The van der Waals surface area contributed by atoms with E-state index in [1.165, 1.54) is 6.42 Å². The summed E-state index contributed by atoms with van der Waals surface area (Å²) in [7, 11) is 0. The predicted octanol–water partition coefficient (Wildman–Crippen LogP) is -0.133. The van der Waals surface area contributed by atoms with Gasteiger partial charge in [-0.15, -0.1) is 0 Å². The van der Waals surface area contributed by atoms with Crippen molar-refractivity contribution in [1.82, 2.24) is 5.59 Å². The van der Waals surface area contributed by atoms with Crippen molar-refractivity contribution >= 4 is 5.97 Å². The summed E-state index contributed by atoms with van der Waals surface area (Å²) >= 11 is 0. The normalized spacial score (nSPS) is 17.1. The topological polar surface area (TPSA) is 73.6 Å². The van der Waals surface area contributed by atoms with Gasteiger partial charge in [-0.1, -0.05) is 5.59 Å². The fourth-order valence-corrected chi connectivity index (χ4v) is 0.963. The number of nitrogens with one attached hydrogen (secondary N) is 1. The number of carbonyl (C=O) groups is 1. The third-order valence-corrected chi connectivity index (χ3v) is 1.88. The van der Waals surface area contributed by atoms with Gasteiger partial charge in [0.05, 0.1) is 19.1 Å². The van der Waals surface area contributed by atoms with Crippen LogP contribution in [0.4, 0.5) is 0 Å². The lowest BCUT2D eigenvalue weighted by molar-refractivity contribution is -0.153.